The fourth-order valence-electron chi connectivity index (χ4n) is 2.44. The zero-order chi connectivity index (χ0) is 20.7. The van der Waals surface area contributed by atoms with Gasteiger partial charge in [-0.2, -0.15) is 0 Å². The molecule has 2 aromatic carbocycles. The number of likely N-dealkylation sites (N-methyl/N-ethyl adjacent to an activating group) is 1. The minimum absolute atomic E-state index is 0.106. The molecular formula is C19H23ClN3O5+. The molecule has 0 saturated carbocycles. The minimum atomic E-state index is -0.518. The predicted octanol–water partition coefficient (Wildman–Crippen LogP) is 2.18. The average Bonchev–Trinajstić information content (AvgIpc) is 2.68. The van der Waals surface area contributed by atoms with Gasteiger partial charge < -0.3 is 19.7 Å². The fraction of sp³-hybridized carbons (Fsp3) is 0.316. The molecule has 9 heteroatoms. The topological polar surface area (TPSA) is 95.1 Å². The molecular weight excluding hydrogens is 386 g/mol. The van der Waals surface area contributed by atoms with E-state index in [9.17, 15) is 14.9 Å². The Bertz CT molecular complexity index is 829. The highest BCUT2D eigenvalue weighted by Gasteiger charge is 2.23. The molecule has 8 nitrogen and oxygen atoms in total. The number of nitro benzene ring substituents is 1. The number of ether oxygens (including phenoxy) is 2. The van der Waals surface area contributed by atoms with Crippen LogP contribution in [0.5, 0.6) is 11.5 Å². The van der Waals surface area contributed by atoms with Gasteiger partial charge in [0.15, 0.2) is 6.04 Å². The second kappa shape index (κ2) is 9.91. The molecule has 0 radical (unpaired) electrons. The van der Waals surface area contributed by atoms with E-state index in [1.165, 1.54) is 25.3 Å². The van der Waals surface area contributed by atoms with E-state index in [2.05, 4.69) is 5.32 Å². The molecule has 28 heavy (non-hydrogen) atoms. The molecule has 0 aliphatic heterocycles. The molecule has 0 fully saturated rings. The van der Waals surface area contributed by atoms with Gasteiger partial charge in [-0.3, -0.25) is 14.9 Å². The Morgan fingerprint density at radius 3 is 2.57 bits per heavy atom. The van der Waals surface area contributed by atoms with Gasteiger partial charge in [-0.1, -0.05) is 11.6 Å². The van der Waals surface area contributed by atoms with E-state index in [4.69, 9.17) is 21.1 Å². The van der Waals surface area contributed by atoms with E-state index >= 15 is 0 Å². The number of hydrogen-bond donors (Lipinski definition) is 2. The Hall–Kier alpha value is -2.84. The number of halogens is 1. The number of carbonyl (C=O) groups is 1. The van der Waals surface area contributed by atoms with Crippen molar-refractivity contribution in [3.8, 4) is 11.5 Å². The second-order valence-corrected chi connectivity index (χ2v) is 6.69. The van der Waals surface area contributed by atoms with Crippen molar-refractivity contribution in [3.05, 3.63) is 57.6 Å². The van der Waals surface area contributed by atoms with Gasteiger partial charge in [0.25, 0.3) is 11.6 Å². The molecule has 2 aromatic rings. The maximum absolute atomic E-state index is 12.5. The zero-order valence-electron chi connectivity index (χ0n) is 15.9. The molecule has 0 heterocycles. The summed E-state index contributed by atoms with van der Waals surface area (Å²) in [5, 5.41) is 14.3. The summed E-state index contributed by atoms with van der Waals surface area (Å²) < 4.78 is 10.8. The summed E-state index contributed by atoms with van der Waals surface area (Å²) in [4.78, 5) is 23.8. The summed E-state index contributed by atoms with van der Waals surface area (Å²) in [6, 6.07) is 10.8. The summed E-state index contributed by atoms with van der Waals surface area (Å²) in [6.07, 6.45) is 0. The largest absolute Gasteiger partial charge is 0.494 e. The van der Waals surface area contributed by atoms with Crippen LogP contribution in [0.2, 0.25) is 5.02 Å². The molecule has 150 valence electrons. The molecule has 0 spiro atoms. The smallest absolute Gasteiger partial charge is 0.282 e. The lowest BCUT2D eigenvalue weighted by molar-refractivity contribution is -0.894. The first-order chi connectivity index (χ1) is 13.3. The Labute approximate surface area is 168 Å². The van der Waals surface area contributed by atoms with Crippen molar-refractivity contribution in [1.29, 1.82) is 0 Å². The lowest BCUT2D eigenvalue weighted by atomic mass is 10.2. The van der Waals surface area contributed by atoms with Gasteiger partial charge in [-0.15, -0.1) is 0 Å². The third-order valence-corrected chi connectivity index (χ3v) is 4.62. The van der Waals surface area contributed by atoms with E-state index in [1.54, 1.807) is 31.2 Å². The molecule has 0 aliphatic carbocycles. The monoisotopic (exact) mass is 408 g/mol. The number of anilines is 1. The van der Waals surface area contributed by atoms with Crippen molar-refractivity contribution in [2.45, 2.75) is 13.0 Å². The molecule has 2 N–H and O–H groups in total. The van der Waals surface area contributed by atoms with E-state index in [1.807, 2.05) is 7.05 Å². The molecule has 2 rings (SSSR count). The lowest BCUT2D eigenvalue weighted by Gasteiger charge is -2.21. The molecule has 1 unspecified atom stereocenters. The first-order valence-corrected chi connectivity index (χ1v) is 9.03. The van der Waals surface area contributed by atoms with Gasteiger partial charge in [-0.05, 0) is 37.3 Å². The van der Waals surface area contributed by atoms with Crippen LogP contribution in [-0.2, 0) is 4.79 Å². The van der Waals surface area contributed by atoms with Crippen molar-refractivity contribution < 1.29 is 24.1 Å². The molecule has 0 aromatic heterocycles. The van der Waals surface area contributed by atoms with Crippen molar-refractivity contribution in [1.82, 2.24) is 0 Å². The van der Waals surface area contributed by atoms with Gasteiger partial charge in [-0.25, -0.2) is 0 Å². The Morgan fingerprint density at radius 1 is 1.29 bits per heavy atom. The predicted molar refractivity (Wildman–Crippen MR) is 106 cm³/mol. The number of non-ortho nitro benzene ring substituents is 1. The quantitative estimate of drug-likeness (QED) is 0.490. The van der Waals surface area contributed by atoms with Crippen molar-refractivity contribution in [3.63, 3.8) is 0 Å². The van der Waals surface area contributed by atoms with Crippen molar-refractivity contribution >= 4 is 28.9 Å². The number of nitrogens with zero attached hydrogens (tertiary/aromatic N) is 1. The Morgan fingerprint density at radius 2 is 1.96 bits per heavy atom. The highest BCUT2D eigenvalue weighted by molar-refractivity contribution is 6.30. The average molecular weight is 409 g/mol. The van der Waals surface area contributed by atoms with Crippen LogP contribution in [0.3, 0.4) is 0 Å². The van der Waals surface area contributed by atoms with Crippen LogP contribution in [0.4, 0.5) is 11.4 Å². The van der Waals surface area contributed by atoms with Gasteiger partial charge >= 0.3 is 0 Å². The van der Waals surface area contributed by atoms with Crippen LogP contribution >= 0.6 is 11.6 Å². The number of nitro groups is 1. The Balaban J connectivity index is 1.90. The van der Waals surface area contributed by atoms with Crippen molar-refractivity contribution in [2.24, 2.45) is 0 Å². The zero-order valence-corrected chi connectivity index (χ0v) is 16.7. The highest BCUT2D eigenvalue weighted by atomic mass is 35.5. The molecule has 1 amide bonds. The van der Waals surface area contributed by atoms with E-state index in [0.717, 1.165) is 4.90 Å². The summed E-state index contributed by atoms with van der Waals surface area (Å²) >= 11 is 5.84. The number of quaternary nitrogens is 1. The molecule has 0 bridgehead atoms. The third kappa shape index (κ3) is 5.83. The van der Waals surface area contributed by atoms with E-state index in [0.29, 0.717) is 29.6 Å². The second-order valence-electron chi connectivity index (χ2n) is 6.25. The molecule has 0 saturated heterocycles. The van der Waals surface area contributed by atoms with Gasteiger partial charge in [0.2, 0.25) is 0 Å². The molecule has 2 atom stereocenters. The minimum Gasteiger partial charge on any atom is -0.494 e. The van der Waals surface area contributed by atoms with Gasteiger partial charge in [0.1, 0.15) is 24.7 Å². The number of amides is 1. The van der Waals surface area contributed by atoms with Gasteiger partial charge in [0.05, 0.1) is 30.8 Å². The Kier molecular flexibility index (Phi) is 7.60. The number of rotatable bonds is 9. The normalized spacial score (nSPS) is 12.7. The number of benzene rings is 2. The van der Waals surface area contributed by atoms with E-state index in [-0.39, 0.29) is 23.4 Å². The van der Waals surface area contributed by atoms with Gasteiger partial charge in [0, 0.05) is 11.1 Å². The lowest BCUT2D eigenvalue weighted by Crippen LogP contribution is -3.14. The molecule has 0 aliphatic rings. The number of methoxy groups -OCH3 is 1. The number of nitrogens with one attached hydrogen (secondary N) is 2. The first kappa shape index (κ1) is 21.5. The summed E-state index contributed by atoms with van der Waals surface area (Å²) in [6.45, 7) is 2.84. The van der Waals surface area contributed by atoms with Crippen LogP contribution in [0.25, 0.3) is 0 Å². The first-order valence-electron chi connectivity index (χ1n) is 8.65. The van der Waals surface area contributed by atoms with Crippen LogP contribution in [0.15, 0.2) is 42.5 Å². The maximum Gasteiger partial charge on any atom is 0.282 e. The number of carbonyl (C=O) groups excluding carboxylic acids is 1. The summed E-state index contributed by atoms with van der Waals surface area (Å²) in [5.74, 6) is 0.722. The maximum atomic E-state index is 12.5. The highest BCUT2D eigenvalue weighted by Crippen LogP contribution is 2.28. The van der Waals surface area contributed by atoms with Crippen LogP contribution in [0, 0.1) is 10.1 Å². The third-order valence-electron chi connectivity index (χ3n) is 4.37. The number of hydrogen-bond acceptors (Lipinski definition) is 5. The van der Waals surface area contributed by atoms with E-state index < -0.39 is 4.92 Å². The van der Waals surface area contributed by atoms with Crippen LogP contribution in [0.1, 0.15) is 6.92 Å². The SMILES string of the molecule is COc1cc([N+](=O)[O-])ccc1NC(=O)[C@@H](C)[NH+](C)CCOc1ccc(Cl)cc1. The standard InChI is InChI=1S/C19H22ClN3O5/c1-13(22(2)10-11-28-16-7-4-14(20)5-8-16)19(24)21-17-9-6-15(23(25)26)12-18(17)27-3/h4-9,12-13H,10-11H2,1-3H3,(H,21,24)/p+1/t13-/m1/s1. The fourth-order valence-corrected chi connectivity index (χ4v) is 2.56. The summed E-state index contributed by atoms with van der Waals surface area (Å²) in [7, 11) is 3.28. The van der Waals surface area contributed by atoms with Crippen LogP contribution in [-0.4, -0.2) is 44.2 Å². The van der Waals surface area contributed by atoms with Crippen molar-refractivity contribution in [2.75, 3.05) is 32.6 Å². The van der Waals surface area contributed by atoms with Crippen LogP contribution < -0.4 is 19.7 Å². The summed E-state index contributed by atoms with van der Waals surface area (Å²) in [5.41, 5.74) is 0.278.